The molecule has 1 N–H and O–H groups in total. The van der Waals surface area contributed by atoms with Crippen LogP contribution in [0.2, 0.25) is 0 Å². The Labute approximate surface area is 206 Å². The summed E-state index contributed by atoms with van der Waals surface area (Å²) in [5.41, 5.74) is 1.54. The van der Waals surface area contributed by atoms with Gasteiger partial charge < -0.3 is 14.6 Å². The van der Waals surface area contributed by atoms with E-state index in [4.69, 9.17) is 14.6 Å². The van der Waals surface area contributed by atoms with Gasteiger partial charge in [0.05, 0.1) is 19.1 Å². The second kappa shape index (κ2) is 11.1. The molecular weight excluding hydrogens is 476 g/mol. The highest BCUT2D eigenvalue weighted by Gasteiger charge is 2.31. The molecule has 0 heterocycles. The van der Waals surface area contributed by atoms with Gasteiger partial charge in [0.1, 0.15) is 0 Å². The van der Waals surface area contributed by atoms with Crippen molar-refractivity contribution in [2.45, 2.75) is 45.1 Å². The van der Waals surface area contributed by atoms with Crippen LogP contribution < -0.4 is 9.47 Å². The number of esters is 1. The maximum atomic E-state index is 15.0. The Morgan fingerprint density at radius 2 is 1.47 bits per heavy atom. The minimum absolute atomic E-state index is 0.127. The summed E-state index contributed by atoms with van der Waals surface area (Å²) in [4.78, 5) is 12.6. The fourth-order valence-electron chi connectivity index (χ4n) is 4.58. The SMILES string of the molecule is CCOc1ccc(OC(=O)C2CCC(c3ccc(-c4ccc(CO)cc4)c(F)c3F)CC2)c(F)c1F. The Bertz CT molecular complexity index is 1240. The highest BCUT2D eigenvalue weighted by Crippen LogP contribution is 2.40. The van der Waals surface area contributed by atoms with Gasteiger partial charge in [-0.05, 0) is 67.3 Å². The summed E-state index contributed by atoms with van der Waals surface area (Å²) in [6.45, 7) is 1.65. The molecule has 0 radical (unpaired) electrons. The van der Waals surface area contributed by atoms with Crippen molar-refractivity contribution in [3.8, 4) is 22.6 Å². The van der Waals surface area contributed by atoms with Gasteiger partial charge in [0, 0.05) is 5.56 Å². The van der Waals surface area contributed by atoms with E-state index in [2.05, 4.69) is 0 Å². The summed E-state index contributed by atoms with van der Waals surface area (Å²) in [5.74, 6) is -6.71. The van der Waals surface area contributed by atoms with Crippen LogP contribution in [-0.4, -0.2) is 17.7 Å². The van der Waals surface area contributed by atoms with E-state index in [1.54, 1.807) is 37.3 Å². The fraction of sp³-hybridized carbons (Fsp3) is 0.321. The molecule has 3 aromatic carbocycles. The molecule has 4 nitrogen and oxygen atoms in total. The van der Waals surface area contributed by atoms with E-state index in [0.717, 1.165) is 6.07 Å². The van der Waals surface area contributed by atoms with Gasteiger partial charge in [0.2, 0.25) is 11.6 Å². The topological polar surface area (TPSA) is 55.8 Å². The highest BCUT2D eigenvalue weighted by molar-refractivity contribution is 5.75. The predicted octanol–water partition coefficient (Wildman–Crippen LogP) is 6.68. The molecule has 0 aliphatic heterocycles. The first-order chi connectivity index (χ1) is 17.3. The lowest BCUT2D eigenvalue weighted by Crippen LogP contribution is -2.26. The van der Waals surface area contributed by atoms with Crippen LogP contribution in [0.5, 0.6) is 11.5 Å². The molecule has 1 aliphatic carbocycles. The monoisotopic (exact) mass is 502 g/mol. The average Bonchev–Trinajstić information content (AvgIpc) is 2.90. The molecule has 0 atom stereocenters. The normalized spacial score (nSPS) is 17.6. The predicted molar refractivity (Wildman–Crippen MR) is 126 cm³/mol. The maximum Gasteiger partial charge on any atom is 0.314 e. The van der Waals surface area contributed by atoms with Crippen molar-refractivity contribution in [3.05, 3.63) is 82.9 Å². The number of carbonyl (C=O) groups is 1. The zero-order valence-corrected chi connectivity index (χ0v) is 19.7. The van der Waals surface area contributed by atoms with E-state index in [1.807, 2.05) is 0 Å². The van der Waals surface area contributed by atoms with Crippen LogP contribution in [0.4, 0.5) is 17.6 Å². The van der Waals surface area contributed by atoms with Crippen molar-refractivity contribution in [2.75, 3.05) is 6.61 Å². The van der Waals surface area contributed by atoms with Gasteiger partial charge in [-0.25, -0.2) is 8.78 Å². The Kier molecular flexibility index (Phi) is 7.94. The van der Waals surface area contributed by atoms with Crippen molar-refractivity contribution in [1.29, 1.82) is 0 Å². The second-order valence-corrected chi connectivity index (χ2v) is 8.78. The third kappa shape index (κ3) is 5.23. The minimum Gasteiger partial charge on any atom is -0.491 e. The number of aliphatic hydroxyl groups excluding tert-OH is 1. The molecule has 1 saturated carbocycles. The molecular formula is C28H26F4O4. The van der Waals surface area contributed by atoms with Gasteiger partial charge in [0.25, 0.3) is 0 Å². The third-order valence-corrected chi connectivity index (χ3v) is 6.58. The van der Waals surface area contributed by atoms with Crippen molar-refractivity contribution in [1.82, 2.24) is 0 Å². The van der Waals surface area contributed by atoms with E-state index < -0.39 is 40.9 Å². The lowest BCUT2D eigenvalue weighted by Gasteiger charge is -2.28. The average molecular weight is 503 g/mol. The Morgan fingerprint density at radius 1 is 0.833 bits per heavy atom. The number of rotatable bonds is 7. The summed E-state index contributed by atoms with van der Waals surface area (Å²) in [5, 5.41) is 9.16. The quantitative estimate of drug-likeness (QED) is 0.222. The van der Waals surface area contributed by atoms with E-state index >= 15 is 0 Å². The molecule has 0 amide bonds. The van der Waals surface area contributed by atoms with E-state index in [-0.39, 0.29) is 36.0 Å². The summed E-state index contributed by atoms with van der Waals surface area (Å²) in [6, 6.07) is 12.0. The summed E-state index contributed by atoms with van der Waals surface area (Å²) in [7, 11) is 0. The van der Waals surface area contributed by atoms with Crippen molar-refractivity contribution in [2.24, 2.45) is 5.92 Å². The van der Waals surface area contributed by atoms with Crippen LogP contribution >= 0.6 is 0 Å². The first kappa shape index (κ1) is 25.7. The first-order valence-corrected chi connectivity index (χ1v) is 11.8. The second-order valence-electron chi connectivity index (χ2n) is 8.78. The molecule has 0 bridgehead atoms. The molecule has 0 unspecified atom stereocenters. The van der Waals surface area contributed by atoms with Gasteiger partial charge in [-0.15, -0.1) is 0 Å². The van der Waals surface area contributed by atoms with Crippen LogP contribution in [0.3, 0.4) is 0 Å². The number of ether oxygens (including phenoxy) is 2. The number of aliphatic hydroxyl groups is 1. The van der Waals surface area contributed by atoms with Crippen LogP contribution in [-0.2, 0) is 11.4 Å². The van der Waals surface area contributed by atoms with Gasteiger partial charge in [-0.2, -0.15) is 8.78 Å². The number of carbonyl (C=O) groups excluding carboxylic acids is 1. The summed E-state index contributed by atoms with van der Waals surface area (Å²) in [6.07, 6.45) is 1.52. The molecule has 36 heavy (non-hydrogen) atoms. The van der Waals surface area contributed by atoms with Crippen LogP contribution in [0.1, 0.15) is 49.7 Å². The summed E-state index contributed by atoms with van der Waals surface area (Å²) < 4.78 is 68.3. The van der Waals surface area contributed by atoms with Crippen LogP contribution in [0.15, 0.2) is 48.5 Å². The number of benzene rings is 3. The molecule has 4 rings (SSSR count). The molecule has 190 valence electrons. The Balaban J connectivity index is 1.41. The first-order valence-electron chi connectivity index (χ1n) is 11.8. The van der Waals surface area contributed by atoms with Gasteiger partial charge >= 0.3 is 5.97 Å². The molecule has 1 aliphatic rings. The number of hydrogen-bond acceptors (Lipinski definition) is 4. The summed E-state index contributed by atoms with van der Waals surface area (Å²) >= 11 is 0. The molecule has 1 fully saturated rings. The smallest absolute Gasteiger partial charge is 0.314 e. The van der Waals surface area contributed by atoms with E-state index in [0.29, 0.717) is 36.8 Å². The Morgan fingerprint density at radius 3 is 2.11 bits per heavy atom. The third-order valence-electron chi connectivity index (χ3n) is 6.58. The van der Waals surface area contributed by atoms with Gasteiger partial charge in [-0.3, -0.25) is 4.79 Å². The van der Waals surface area contributed by atoms with Crippen molar-refractivity contribution >= 4 is 5.97 Å². The fourth-order valence-corrected chi connectivity index (χ4v) is 4.58. The van der Waals surface area contributed by atoms with E-state index in [1.165, 1.54) is 12.1 Å². The van der Waals surface area contributed by atoms with Crippen molar-refractivity contribution in [3.63, 3.8) is 0 Å². The van der Waals surface area contributed by atoms with Crippen molar-refractivity contribution < 1.29 is 36.9 Å². The zero-order valence-electron chi connectivity index (χ0n) is 19.7. The van der Waals surface area contributed by atoms with E-state index in [9.17, 15) is 22.4 Å². The van der Waals surface area contributed by atoms with Crippen LogP contribution in [0, 0.1) is 29.2 Å². The standard InChI is InChI=1S/C28H26F4O4/c1-2-35-22-13-14-23(27(32)26(22)31)36-28(34)19-9-7-18(8-10-19)21-12-11-20(24(29)25(21)30)17-5-3-16(15-33)4-6-17/h3-6,11-14,18-19,33H,2,7-10,15H2,1H3. The van der Waals surface area contributed by atoms with Gasteiger partial charge in [0.15, 0.2) is 23.1 Å². The lowest BCUT2D eigenvalue weighted by molar-refractivity contribution is -0.140. The lowest BCUT2D eigenvalue weighted by atomic mass is 9.78. The maximum absolute atomic E-state index is 15.0. The number of hydrogen-bond donors (Lipinski definition) is 1. The molecule has 0 saturated heterocycles. The largest absolute Gasteiger partial charge is 0.491 e. The van der Waals surface area contributed by atoms with Gasteiger partial charge in [-0.1, -0.05) is 36.4 Å². The van der Waals surface area contributed by atoms with Crippen LogP contribution in [0.25, 0.3) is 11.1 Å². The zero-order chi connectivity index (χ0) is 25.8. The highest BCUT2D eigenvalue weighted by atomic mass is 19.2. The number of halogens is 4. The molecule has 3 aromatic rings. The molecule has 0 aromatic heterocycles. The minimum atomic E-state index is -1.30. The molecule has 0 spiro atoms. The Hall–Kier alpha value is -3.39. The molecule has 8 heteroatoms.